The quantitative estimate of drug-likeness (QED) is 0.397. The molecule has 0 heterocycles. The lowest BCUT2D eigenvalue weighted by Gasteiger charge is -2.02. The van der Waals surface area contributed by atoms with Crippen molar-refractivity contribution in [1.29, 1.82) is 0 Å². The summed E-state index contributed by atoms with van der Waals surface area (Å²) in [5.74, 6) is 4.52. The average molecular weight is 183 g/mol. The van der Waals surface area contributed by atoms with Crippen LogP contribution < -0.4 is 10.6 Å². The average Bonchev–Trinajstić information content (AvgIpc) is 2.09. The smallest absolute Gasteiger partial charge is 0.339 e. The fourth-order valence-electron chi connectivity index (χ4n) is 0.743. The van der Waals surface area contributed by atoms with E-state index in [0.717, 1.165) is 0 Å². The van der Waals surface area contributed by atoms with E-state index in [1.807, 2.05) is 0 Å². The normalized spacial score (nSPS) is 9.62. The summed E-state index contributed by atoms with van der Waals surface area (Å²) in [7, 11) is 0. The lowest BCUT2D eigenvalue weighted by Crippen LogP contribution is -2.17. The molecule has 13 heavy (non-hydrogen) atoms. The molecule has 0 amide bonds. The number of hydrogen-bond acceptors (Lipinski definition) is 5. The van der Waals surface area contributed by atoms with Gasteiger partial charge in [-0.25, -0.2) is 10.7 Å². The van der Waals surface area contributed by atoms with E-state index in [0.29, 0.717) is 5.75 Å². The first-order chi connectivity index (χ1) is 6.22. The summed E-state index contributed by atoms with van der Waals surface area (Å²) in [6.07, 6.45) is 0. The molecule has 0 saturated heterocycles. The fourth-order valence-corrected chi connectivity index (χ4v) is 0.743. The molecule has 0 aliphatic heterocycles. The van der Waals surface area contributed by atoms with Crippen LogP contribution in [0.25, 0.3) is 0 Å². The van der Waals surface area contributed by atoms with Gasteiger partial charge in [0.15, 0.2) is 6.61 Å². The summed E-state index contributed by atoms with van der Waals surface area (Å²) in [4.78, 5) is 14.9. The van der Waals surface area contributed by atoms with Gasteiger partial charge in [0.1, 0.15) is 11.5 Å². The Hall–Kier alpha value is -1.59. The first-order valence-electron chi connectivity index (χ1n) is 3.54. The van der Waals surface area contributed by atoms with E-state index in [4.69, 9.17) is 9.84 Å². The molecule has 1 rings (SSSR count). The minimum Gasteiger partial charge on any atom is -0.508 e. The van der Waals surface area contributed by atoms with Crippen LogP contribution in [0.5, 0.6) is 11.5 Å². The van der Waals surface area contributed by atoms with Gasteiger partial charge in [0, 0.05) is 0 Å². The van der Waals surface area contributed by atoms with Crippen LogP contribution in [0.1, 0.15) is 0 Å². The molecule has 0 aliphatic rings. The van der Waals surface area contributed by atoms with E-state index in [9.17, 15) is 4.79 Å². The fraction of sp³-hybridized carbons (Fsp3) is 0.125. The van der Waals surface area contributed by atoms with Crippen molar-refractivity contribution in [2.45, 2.75) is 0 Å². The highest BCUT2D eigenvalue weighted by atomic mass is 16.6. The maximum atomic E-state index is 10.8. The monoisotopic (exact) mass is 183 g/mol. The van der Waals surface area contributed by atoms with Gasteiger partial charge in [-0.15, -0.1) is 0 Å². The zero-order valence-electron chi connectivity index (χ0n) is 6.77. The first-order valence-corrected chi connectivity index (χ1v) is 3.54. The van der Waals surface area contributed by atoms with Crippen LogP contribution in [0.3, 0.4) is 0 Å². The van der Waals surface area contributed by atoms with Crippen LogP contribution >= 0.6 is 0 Å². The summed E-state index contributed by atoms with van der Waals surface area (Å²) in [6, 6.07) is 5.74. The zero-order chi connectivity index (χ0) is 9.68. The molecule has 5 heteroatoms. The molecule has 0 aromatic heterocycles. The summed E-state index contributed by atoms with van der Waals surface area (Å²) >= 11 is 0. The number of carbonyl (C=O) groups is 1. The van der Waals surface area contributed by atoms with E-state index in [1.165, 1.54) is 24.3 Å². The van der Waals surface area contributed by atoms with Crippen LogP contribution in [0, 0.1) is 0 Å². The van der Waals surface area contributed by atoms with Crippen molar-refractivity contribution in [3.05, 3.63) is 24.3 Å². The topological polar surface area (TPSA) is 81.8 Å². The number of phenols is 1. The van der Waals surface area contributed by atoms with Gasteiger partial charge in [-0.05, 0) is 24.3 Å². The Balaban J connectivity index is 2.54. The van der Waals surface area contributed by atoms with Gasteiger partial charge in [-0.1, -0.05) is 0 Å². The minimum absolute atomic E-state index is 0.106. The molecule has 0 spiro atoms. The molecule has 0 unspecified atom stereocenters. The van der Waals surface area contributed by atoms with Crippen molar-refractivity contribution < 1.29 is 19.5 Å². The Morgan fingerprint density at radius 1 is 1.38 bits per heavy atom. The summed E-state index contributed by atoms with van der Waals surface area (Å²) in [5.41, 5.74) is 0. The van der Waals surface area contributed by atoms with Crippen LogP contribution in [-0.4, -0.2) is 17.7 Å². The molecule has 1 aromatic carbocycles. The van der Waals surface area contributed by atoms with Crippen molar-refractivity contribution >= 4 is 5.97 Å². The number of phenolic OH excluding ortho intramolecular Hbond substituents is 1. The number of benzene rings is 1. The van der Waals surface area contributed by atoms with Gasteiger partial charge >= 0.3 is 5.97 Å². The number of rotatable bonds is 3. The van der Waals surface area contributed by atoms with E-state index in [-0.39, 0.29) is 12.4 Å². The molecule has 3 N–H and O–H groups in total. The molecule has 0 saturated carbocycles. The Morgan fingerprint density at radius 3 is 2.54 bits per heavy atom. The van der Waals surface area contributed by atoms with E-state index in [2.05, 4.69) is 10.7 Å². The Bertz CT molecular complexity index is 283. The van der Waals surface area contributed by atoms with Crippen LogP contribution in [0.4, 0.5) is 0 Å². The Kier molecular flexibility index (Phi) is 3.24. The molecule has 0 radical (unpaired) electrons. The van der Waals surface area contributed by atoms with Gasteiger partial charge in [0.2, 0.25) is 0 Å². The van der Waals surface area contributed by atoms with Crippen molar-refractivity contribution in [3.63, 3.8) is 0 Å². The zero-order valence-corrected chi connectivity index (χ0v) is 6.77. The third kappa shape index (κ3) is 3.10. The van der Waals surface area contributed by atoms with Gasteiger partial charge in [-0.3, -0.25) is 4.84 Å². The molecule has 70 valence electrons. The molecule has 5 nitrogen and oxygen atoms in total. The van der Waals surface area contributed by atoms with E-state index < -0.39 is 5.97 Å². The molecular weight excluding hydrogens is 174 g/mol. The van der Waals surface area contributed by atoms with Gasteiger partial charge in [0.25, 0.3) is 0 Å². The molecule has 1 aromatic rings. The van der Waals surface area contributed by atoms with Crippen molar-refractivity contribution in [2.24, 2.45) is 5.90 Å². The molecular formula is C8H9NO4. The van der Waals surface area contributed by atoms with Gasteiger partial charge in [-0.2, -0.15) is 0 Å². The maximum Gasteiger partial charge on any atom is 0.339 e. The largest absolute Gasteiger partial charge is 0.508 e. The number of nitrogens with two attached hydrogens (primary N) is 1. The van der Waals surface area contributed by atoms with E-state index in [1.54, 1.807) is 0 Å². The highest BCUT2D eigenvalue weighted by Gasteiger charge is 2.03. The number of ether oxygens (including phenoxy) is 1. The summed E-state index contributed by atoms with van der Waals surface area (Å²) < 4.78 is 4.75. The van der Waals surface area contributed by atoms with Crippen LogP contribution in [-0.2, 0) is 9.63 Å². The lowest BCUT2D eigenvalue weighted by molar-refractivity contribution is -0.139. The standard InChI is InChI=1S/C8H9NO4/c9-12-5-8(11)13-7-3-1-6(10)2-4-7/h1-4,10H,5,9H2. The van der Waals surface area contributed by atoms with Gasteiger partial charge in [0.05, 0.1) is 0 Å². The second-order valence-corrected chi connectivity index (χ2v) is 2.28. The molecule has 0 aliphatic carbocycles. The second kappa shape index (κ2) is 4.44. The Morgan fingerprint density at radius 2 is 2.00 bits per heavy atom. The highest BCUT2D eigenvalue weighted by Crippen LogP contribution is 2.15. The summed E-state index contributed by atoms with van der Waals surface area (Å²) in [5, 5.41) is 8.91. The number of hydrogen-bond donors (Lipinski definition) is 2. The molecule has 0 atom stereocenters. The maximum absolute atomic E-state index is 10.8. The van der Waals surface area contributed by atoms with Crippen molar-refractivity contribution in [1.82, 2.24) is 0 Å². The predicted octanol–water partition coefficient (Wildman–Crippen LogP) is 0.188. The van der Waals surface area contributed by atoms with Crippen LogP contribution in [0.15, 0.2) is 24.3 Å². The second-order valence-electron chi connectivity index (χ2n) is 2.28. The SMILES string of the molecule is NOCC(=O)Oc1ccc(O)cc1. The predicted molar refractivity (Wildman–Crippen MR) is 43.9 cm³/mol. The van der Waals surface area contributed by atoms with Crippen molar-refractivity contribution in [2.75, 3.05) is 6.61 Å². The number of carbonyl (C=O) groups excluding carboxylic acids is 1. The number of aromatic hydroxyl groups is 1. The third-order valence-electron chi connectivity index (χ3n) is 1.27. The first kappa shape index (κ1) is 9.50. The minimum atomic E-state index is -0.590. The molecule has 0 fully saturated rings. The lowest BCUT2D eigenvalue weighted by atomic mass is 10.3. The van der Waals surface area contributed by atoms with Gasteiger partial charge < -0.3 is 9.84 Å². The van der Waals surface area contributed by atoms with E-state index >= 15 is 0 Å². The number of esters is 1. The summed E-state index contributed by atoms with van der Waals surface area (Å²) in [6.45, 7) is -0.305. The Labute approximate surface area is 74.6 Å². The third-order valence-corrected chi connectivity index (χ3v) is 1.27. The van der Waals surface area contributed by atoms with Crippen LogP contribution in [0.2, 0.25) is 0 Å². The highest BCUT2D eigenvalue weighted by molar-refractivity contribution is 5.73. The van der Waals surface area contributed by atoms with Crippen molar-refractivity contribution in [3.8, 4) is 11.5 Å². The molecule has 0 bridgehead atoms.